The van der Waals surface area contributed by atoms with Crippen LogP contribution in [0.4, 0.5) is 0 Å². The van der Waals surface area contributed by atoms with Gasteiger partial charge in [-0.3, -0.25) is 14.5 Å². The van der Waals surface area contributed by atoms with Crippen molar-refractivity contribution < 1.29 is 9.59 Å². The van der Waals surface area contributed by atoms with Gasteiger partial charge in [0.15, 0.2) is 0 Å². The van der Waals surface area contributed by atoms with Gasteiger partial charge in [-0.2, -0.15) is 0 Å². The fraction of sp³-hybridized carbons (Fsp3) is 0.333. The van der Waals surface area contributed by atoms with Crippen molar-refractivity contribution in [3.05, 3.63) is 34.9 Å². The van der Waals surface area contributed by atoms with Crippen LogP contribution in [0.2, 0.25) is 5.02 Å². The summed E-state index contributed by atoms with van der Waals surface area (Å²) in [5.74, 6) is -0.528. The molecule has 1 aromatic rings. The third kappa shape index (κ3) is 4.17. The molecule has 0 aliphatic rings. The van der Waals surface area contributed by atoms with E-state index in [1.165, 1.54) is 6.92 Å². The van der Waals surface area contributed by atoms with Gasteiger partial charge >= 0.3 is 0 Å². The number of amides is 2. The van der Waals surface area contributed by atoms with Gasteiger partial charge in [-0.1, -0.05) is 23.7 Å². The lowest BCUT2D eigenvalue weighted by molar-refractivity contribution is -0.142. The molecule has 1 rings (SSSR count). The van der Waals surface area contributed by atoms with E-state index in [2.05, 4.69) is 0 Å². The van der Waals surface area contributed by atoms with Gasteiger partial charge in [-0.25, -0.2) is 0 Å². The molecule has 0 atom stereocenters. The first kappa shape index (κ1) is 13.7. The lowest BCUT2D eigenvalue weighted by atomic mass is 10.1. The van der Waals surface area contributed by atoms with Crippen LogP contribution in [0.5, 0.6) is 0 Å². The lowest BCUT2D eigenvalue weighted by Gasteiger charge is -2.18. The highest BCUT2D eigenvalue weighted by atomic mass is 35.5. The lowest BCUT2D eigenvalue weighted by Crippen LogP contribution is -2.39. The molecule has 0 saturated heterocycles. The monoisotopic (exact) mass is 254 g/mol. The summed E-state index contributed by atoms with van der Waals surface area (Å²) in [6.07, 6.45) is 0.177. The molecule has 92 valence electrons. The smallest absolute Gasteiger partial charge is 0.233 e. The van der Waals surface area contributed by atoms with Crippen molar-refractivity contribution in [3.63, 3.8) is 0 Å². The van der Waals surface area contributed by atoms with Crippen LogP contribution in [0, 0.1) is 0 Å². The molecule has 0 heterocycles. The summed E-state index contributed by atoms with van der Waals surface area (Å²) in [4.78, 5) is 24.3. The van der Waals surface area contributed by atoms with Gasteiger partial charge in [0.1, 0.15) is 0 Å². The Kier molecular flexibility index (Phi) is 5.12. The minimum absolute atomic E-state index is 0.177. The number of halogens is 1. The van der Waals surface area contributed by atoms with E-state index in [1.807, 2.05) is 0 Å². The molecule has 0 aliphatic carbocycles. The SMILES string of the molecule is CC(=O)N(CCN)C(=O)Cc1ccc(Cl)cc1. The number of nitrogens with zero attached hydrogens (tertiary/aromatic N) is 1. The van der Waals surface area contributed by atoms with E-state index in [9.17, 15) is 9.59 Å². The van der Waals surface area contributed by atoms with Gasteiger partial charge < -0.3 is 5.73 Å². The quantitative estimate of drug-likeness (QED) is 0.879. The molecule has 0 saturated carbocycles. The zero-order valence-electron chi connectivity index (χ0n) is 9.65. The van der Waals surface area contributed by atoms with Crippen LogP contribution in [0.3, 0.4) is 0 Å². The molecule has 5 heteroatoms. The molecule has 4 nitrogen and oxygen atoms in total. The number of rotatable bonds is 4. The van der Waals surface area contributed by atoms with E-state index in [0.29, 0.717) is 5.02 Å². The summed E-state index contributed by atoms with van der Waals surface area (Å²) >= 11 is 5.74. The normalized spacial score (nSPS) is 10.1. The second-order valence-electron chi connectivity index (χ2n) is 3.66. The predicted octanol–water partition coefficient (Wildman–Crippen LogP) is 1.22. The molecule has 0 bridgehead atoms. The molecule has 1 aromatic carbocycles. The molecule has 0 radical (unpaired) electrons. The van der Waals surface area contributed by atoms with Gasteiger partial charge in [0.2, 0.25) is 11.8 Å². The van der Waals surface area contributed by atoms with Gasteiger partial charge in [-0.15, -0.1) is 0 Å². The van der Waals surface area contributed by atoms with Gasteiger partial charge in [0.25, 0.3) is 0 Å². The Morgan fingerprint density at radius 3 is 2.35 bits per heavy atom. The fourth-order valence-corrected chi connectivity index (χ4v) is 1.59. The Morgan fingerprint density at radius 1 is 1.29 bits per heavy atom. The van der Waals surface area contributed by atoms with Crippen molar-refractivity contribution in [1.29, 1.82) is 0 Å². The molecule has 0 fully saturated rings. The molecule has 2 N–H and O–H groups in total. The Bertz CT molecular complexity index is 403. The highest BCUT2D eigenvalue weighted by Gasteiger charge is 2.16. The van der Waals surface area contributed by atoms with Crippen LogP contribution in [-0.4, -0.2) is 29.8 Å². The second kappa shape index (κ2) is 6.37. The number of nitrogens with two attached hydrogens (primary N) is 1. The van der Waals surface area contributed by atoms with Crippen LogP contribution in [0.1, 0.15) is 12.5 Å². The van der Waals surface area contributed by atoms with Crippen molar-refractivity contribution >= 4 is 23.4 Å². The number of benzene rings is 1. The number of imide groups is 1. The van der Waals surface area contributed by atoms with E-state index in [0.717, 1.165) is 10.5 Å². The van der Waals surface area contributed by atoms with Crippen LogP contribution in [-0.2, 0) is 16.0 Å². The minimum Gasteiger partial charge on any atom is -0.329 e. The van der Waals surface area contributed by atoms with Crippen LogP contribution in [0.15, 0.2) is 24.3 Å². The zero-order valence-corrected chi connectivity index (χ0v) is 10.4. The fourth-order valence-electron chi connectivity index (χ4n) is 1.46. The summed E-state index contributed by atoms with van der Waals surface area (Å²) in [7, 11) is 0. The van der Waals surface area contributed by atoms with Gasteiger partial charge in [0.05, 0.1) is 6.42 Å². The first-order valence-electron chi connectivity index (χ1n) is 5.30. The van der Waals surface area contributed by atoms with Gasteiger partial charge in [-0.05, 0) is 17.7 Å². The Morgan fingerprint density at radius 2 is 1.88 bits per heavy atom. The average molecular weight is 255 g/mol. The largest absolute Gasteiger partial charge is 0.329 e. The highest BCUT2D eigenvalue weighted by molar-refractivity contribution is 6.30. The summed E-state index contributed by atoms with van der Waals surface area (Å²) in [6.45, 7) is 1.88. The predicted molar refractivity (Wildman–Crippen MR) is 66.6 cm³/mol. The van der Waals surface area contributed by atoms with Crippen molar-refractivity contribution in [2.75, 3.05) is 13.1 Å². The summed E-state index contributed by atoms with van der Waals surface area (Å²) < 4.78 is 0. The Labute approximate surface area is 105 Å². The highest BCUT2D eigenvalue weighted by Crippen LogP contribution is 2.10. The van der Waals surface area contributed by atoms with Crippen molar-refractivity contribution in [2.45, 2.75) is 13.3 Å². The summed E-state index contributed by atoms with van der Waals surface area (Å²) in [5, 5.41) is 0.617. The molecule has 0 spiro atoms. The van der Waals surface area contributed by atoms with Crippen LogP contribution >= 0.6 is 11.6 Å². The molecule has 2 amide bonds. The molecular weight excluding hydrogens is 240 g/mol. The van der Waals surface area contributed by atoms with E-state index in [1.54, 1.807) is 24.3 Å². The van der Waals surface area contributed by atoms with E-state index >= 15 is 0 Å². The molecule has 0 unspecified atom stereocenters. The third-order valence-corrected chi connectivity index (χ3v) is 2.55. The first-order valence-corrected chi connectivity index (χ1v) is 5.68. The minimum atomic E-state index is -0.283. The third-order valence-electron chi connectivity index (χ3n) is 2.30. The molecule has 17 heavy (non-hydrogen) atoms. The Hall–Kier alpha value is -1.39. The topological polar surface area (TPSA) is 63.4 Å². The number of carbonyl (C=O) groups excluding carboxylic acids is 2. The van der Waals surface area contributed by atoms with Crippen molar-refractivity contribution in [2.24, 2.45) is 5.73 Å². The maximum atomic E-state index is 11.8. The van der Waals surface area contributed by atoms with E-state index < -0.39 is 0 Å². The Balaban J connectivity index is 2.69. The summed E-state index contributed by atoms with van der Waals surface area (Å²) in [6, 6.07) is 6.96. The number of carbonyl (C=O) groups is 2. The second-order valence-corrected chi connectivity index (χ2v) is 4.09. The number of hydrogen-bond donors (Lipinski definition) is 1. The van der Waals surface area contributed by atoms with Gasteiger partial charge in [0, 0.05) is 25.0 Å². The number of hydrogen-bond acceptors (Lipinski definition) is 3. The molecular formula is C12H15ClN2O2. The maximum absolute atomic E-state index is 11.8. The van der Waals surface area contributed by atoms with Crippen LogP contribution in [0.25, 0.3) is 0 Å². The maximum Gasteiger partial charge on any atom is 0.233 e. The van der Waals surface area contributed by atoms with Crippen molar-refractivity contribution in [3.8, 4) is 0 Å². The standard InChI is InChI=1S/C12H15ClN2O2/c1-9(16)15(7-6-14)12(17)8-10-2-4-11(13)5-3-10/h2-5H,6-8,14H2,1H3. The zero-order chi connectivity index (χ0) is 12.8. The van der Waals surface area contributed by atoms with E-state index in [4.69, 9.17) is 17.3 Å². The average Bonchev–Trinajstić information content (AvgIpc) is 2.28. The van der Waals surface area contributed by atoms with Crippen molar-refractivity contribution in [1.82, 2.24) is 4.90 Å². The molecule has 0 aliphatic heterocycles. The molecule has 0 aromatic heterocycles. The first-order chi connectivity index (χ1) is 8.04. The summed E-state index contributed by atoms with van der Waals surface area (Å²) in [5.41, 5.74) is 6.18. The van der Waals surface area contributed by atoms with Crippen LogP contribution < -0.4 is 5.73 Å². The van der Waals surface area contributed by atoms with E-state index in [-0.39, 0.29) is 31.3 Å².